The fourth-order valence-electron chi connectivity index (χ4n) is 8.10. The lowest BCUT2D eigenvalue weighted by molar-refractivity contribution is 1.29. The highest BCUT2D eigenvalue weighted by atomic mass is 15.1. The van der Waals surface area contributed by atoms with E-state index in [2.05, 4.69) is 229 Å². The van der Waals surface area contributed by atoms with E-state index in [0.29, 0.717) is 0 Å². The molecule has 0 unspecified atom stereocenters. The monoisotopic (exact) mass is 699 g/mol. The molecular weight excluding hydrogens is 663 g/mol. The minimum atomic E-state index is 1.09. The standard InChI is InChI=1S/C54H37N/c1-3-13-38(14-4-1)43-25-26-45-36-48(33-29-44(45)35-43)55(47-31-27-42(28-32-47)51-23-11-19-39-17-7-9-21-49(39)51)54-37-46(30-34-53(54)41-15-5-2-6-16-41)52-24-12-20-40-18-8-10-22-50(40)52/h1-37H. The Morgan fingerprint density at radius 2 is 0.727 bits per heavy atom. The quantitative estimate of drug-likeness (QED) is 0.160. The molecule has 1 heteroatoms. The van der Waals surface area contributed by atoms with E-state index in [1.54, 1.807) is 0 Å². The van der Waals surface area contributed by atoms with Gasteiger partial charge in [0, 0.05) is 16.9 Å². The number of benzene rings is 10. The van der Waals surface area contributed by atoms with Crippen LogP contribution in [0.3, 0.4) is 0 Å². The van der Waals surface area contributed by atoms with Crippen molar-refractivity contribution in [3.8, 4) is 44.5 Å². The van der Waals surface area contributed by atoms with Gasteiger partial charge in [-0.1, -0.05) is 188 Å². The van der Waals surface area contributed by atoms with E-state index in [1.165, 1.54) is 76.8 Å². The summed E-state index contributed by atoms with van der Waals surface area (Å²) in [5, 5.41) is 7.39. The van der Waals surface area contributed by atoms with Crippen molar-refractivity contribution in [1.82, 2.24) is 0 Å². The van der Waals surface area contributed by atoms with Crippen molar-refractivity contribution in [3.05, 3.63) is 224 Å². The average molecular weight is 700 g/mol. The highest BCUT2D eigenvalue weighted by Gasteiger charge is 2.20. The molecule has 0 aliphatic heterocycles. The van der Waals surface area contributed by atoms with E-state index in [9.17, 15) is 0 Å². The topological polar surface area (TPSA) is 3.24 Å². The van der Waals surface area contributed by atoms with Gasteiger partial charge in [0.15, 0.2) is 0 Å². The summed E-state index contributed by atoms with van der Waals surface area (Å²) in [7, 11) is 0. The summed E-state index contributed by atoms with van der Waals surface area (Å²) < 4.78 is 0. The Kier molecular flexibility index (Phi) is 8.24. The number of nitrogens with zero attached hydrogens (tertiary/aromatic N) is 1. The molecule has 258 valence electrons. The molecule has 0 atom stereocenters. The number of hydrogen-bond donors (Lipinski definition) is 0. The molecule has 0 radical (unpaired) electrons. The largest absolute Gasteiger partial charge is 0.310 e. The van der Waals surface area contributed by atoms with Crippen LogP contribution in [-0.2, 0) is 0 Å². The molecule has 10 aromatic rings. The van der Waals surface area contributed by atoms with E-state index < -0.39 is 0 Å². The van der Waals surface area contributed by atoms with Crippen LogP contribution < -0.4 is 4.90 Å². The van der Waals surface area contributed by atoms with Crippen LogP contribution in [0.1, 0.15) is 0 Å². The fraction of sp³-hybridized carbons (Fsp3) is 0. The number of anilines is 3. The minimum absolute atomic E-state index is 1.09. The van der Waals surface area contributed by atoms with E-state index in [0.717, 1.165) is 17.1 Å². The lowest BCUT2D eigenvalue weighted by Crippen LogP contribution is -2.11. The van der Waals surface area contributed by atoms with Crippen LogP contribution in [-0.4, -0.2) is 0 Å². The van der Waals surface area contributed by atoms with E-state index in [-0.39, 0.29) is 0 Å². The molecule has 0 heterocycles. The lowest BCUT2D eigenvalue weighted by Gasteiger charge is -2.29. The van der Waals surface area contributed by atoms with Crippen molar-refractivity contribution < 1.29 is 0 Å². The van der Waals surface area contributed by atoms with Crippen LogP contribution in [0.15, 0.2) is 224 Å². The molecule has 0 saturated carbocycles. The van der Waals surface area contributed by atoms with Crippen molar-refractivity contribution in [2.24, 2.45) is 0 Å². The fourth-order valence-corrected chi connectivity index (χ4v) is 8.10. The number of fused-ring (bicyclic) bond motifs is 3. The van der Waals surface area contributed by atoms with Crippen LogP contribution in [0.5, 0.6) is 0 Å². The SMILES string of the molecule is c1ccc(-c2ccc3cc(N(c4ccc(-c5cccc6ccccc56)cc4)c4cc(-c5cccc6ccccc56)ccc4-c4ccccc4)ccc3c2)cc1. The molecule has 0 saturated heterocycles. The van der Waals surface area contributed by atoms with E-state index >= 15 is 0 Å². The van der Waals surface area contributed by atoms with Crippen molar-refractivity contribution in [1.29, 1.82) is 0 Å². The van der Waals surface area contributed by atoms with Crippen LogP contribution >= 0.6 is 0 Å². The molecule has 10 aromatic carbocycles. The predicted molar refractivity (Wildman–Crippen MR) is 235 cm³/mol. The second-order valence-electron chi connectivity index (χ2n) is 14.1. The van der Waals surface area contributed by atoms with Gasteiger partial charge < -0.3 is 4.90 Å². The van der Waals surface area contributed by atoms with Gasteiger partial charge in [-0.15, -0.1) is 0 Å². The normalized spacial score (nSPS) is 11.3. The molecule has 0 aliphatic carbocycles. The average Bonchev–Trinajstić information content (AvgIpc) is 3.27. The summed E-state index contributed by atoms with van der Waals surface area (Å²) in [6.07, 6.45) is 0. The molecule has 55 heavy (non-hydrogen) atoms. The van der Waals surface area contributed by atoms with E-state index in [4.69, 9.17) is 0 Å². The smallest absolute Gasteiger partial charge is 0.0546 e. The maximum atomic E-state index is 2.44. The molecule has 0 spiro atoms. The third kappa shape index (κ3) is 6.12. The van der Waals surface area contributed by atoms with Gasteiger partial charge >= 0.3 is 0 Å². The van der Waals surface area contributed by atoms with Gasteiger partial charge in [-0.2, -0.15) is 0 Å². The van der Waals surface area contributed by atoms with Crippen LogP contribution in [0, 0.1) is 0 Å². The minimum Gasteiger partial charge on any atom is -0.310 e. The molecule has 0 amide bonds. The Morgan fingerprint density at radius 3 is 1.42 bits per heavy atom. The summed E-state index contributed by atoms with van der Waals surface area (Å²) in [4.78, 5) is 2.44. The lowest BCUT2D eigenvalue weighted by atomic mass is 9.93. The van der Waals surface area contributed by atoms with Crippen LogP contribution in [0.2, 0.25) is 0 Å². The summed E-state index contributed by atoms with van der Waals surface area (Å²) in [5.74, 6) is 0. The summed E-state index contributed by atoms with van der Waals surface area (Å²) in [6, 6.07) is 81.6. The van der Waals surface area contributed by atoms with Gasteiger partial charge in [0.1, 0.15) is 0 Å². The summed E-state index contributed by atoms with van der Waals surface area (Å²) >= 11 is 0. The van der Waals surface area contributed by atoms with Gasteiger partial charge in [0.05, 0.1) is 5.69 Å². The van der Waals surface area contributed by atoms with Crippen molar-refractivity contribution in [2.45, 2.75) is 0 Å². The molecule has 0 fully saturated rings. The Labute approximate surface area is 322 Å². The molecule has 0 N–H and O–H groups in total. The Hall–Kier alpha value is -7.22. The molecular formula is C54H37N. The molecule has 10 rings (SSSR count). The van der Waals surface area contributed by atoms with Gasteiger partial charge in [0.2, 0.25) is 0 Å². The molecule has 0 aromatic heterocycles. The first-order valence-corrected chi connectivity index (χ1v) is 18.9. The second-order valence-corrected chi connectivity index (χ2v) is 14.1. The van der Waals surface area contributed by atoms with Crippen LogP contribution in [0.25, 0.3) is 76.8 Å². The maximum Gasteiger partial charge on any atom is 0.0546 e. The number of rotatable bonds is 7. The third-order valence-corrected chi connectivity index (χ3v) is 10.8. The van der Waals surface area contributed by atoms with Gasteiger partial charge in [-0.3, -0.25) is 0 Å². The van der Waals surface area contributed by atoms with Crippen molar-refractivity contribution >= 4 is 49.4 Å². The maximum absolute atomic E-state index is 2.44. The first kappa shape index (κ1) is 32.4. The summed E-state index contributed by atoms with van der Waals surface area (Å²) in [6.45, 7) is 0. The second kappa shape index (κ2) is 14.0. The Bertz CT molecular complexity index is 2950. The zero-order chi connectivity index (χ0) is 36.6. The zero-order valence-electron chi connectivity index (χ0n) is 30.3. The van der Waals surface area contributed by atoms with E-state index in [1.807, 2.05) is 0 Å². The Morgan fingerprint density at radius 1 is 0.236 bits per heavy atom. The highest BCUT2D eigenvalue weighted by Crippen LogP contribution is 2.45. The molecule has 0 bridgehead atoms. The summed E-state index contributed by atoms with van der Waals surface area (Å²) in [5.41, 5.74) is 12.9. The zero-order valence-corrected chi connectivity index (χ0v) is 30.3. The van der Waals surface area contributed by atoms with Crippen LogP contribution in [0.4, 0.5) is 17.1 Å². The Balaban J connectivity index is 1.18. The van der Waals surface area contributed by atoms with Crippen molar-refractivity contribution in [2.75, 3.05) is 4.90 Å². The first-order chi connectivity index (χ1) is 27.3. The van der Waals surface area contributed by atoms with Gasteiger partial charge in [-0.25, -0.2) is 0 Å². The highest BCUT2D eigenvalue weighted by molar-refractivity contribution is 6.01. The predicted octanol–water partition coefficient (Wildman–Crippen LogP) is 15.3. The number of hydrogen-bond acceptors (Lipinski definition) is 1. The van der Waals surface area contributed by atoms with Crippen molar-refractivity contribution in [3.63, 3.8) is 0 Å². The first-order valence-electron chi connectivity index (χ1n) is 18.9. The van der Waals surface area contributed by atoms with Gasteiger partial charge in [-0.05, 0) is 108 Å². The molecule has 1 nitrogen and oxygen atoms in total. The third-order valence-electron chi connectivity index (χ3n) is 10.8. The van der Waals surface area contributed by atoms with Gasteiger partial charge in [0.25, 0.3) is 0 Å². The molecule has 0 aliphatic rings.